The van der Waals surface area contributed by atoms with Crippen molar-refractivity contribution < 1.29 is 0 Å². The average molecular weight is 292 g/mol. The van der Waals surface area contributed by atoms with E-state index in [-0.39, 0.29) is 0 Å². The van der Waals surface area contributed by atoms with Gasteiger partial charge in [0.05, 0.1) is 12.2 Å². The van der Waals surface area contributed by atoms with Crippen LogP contribution in [-0.2, 0) is 13.1 Å². The van der Waals surface area contributed by atoms with Gasteiger partial charge < -0.3 is 9.47 Å². The van der Waals surface area contributed by atoms with Gasteiger partial charge in [-0.1, -0.05) is 30.3 Å². The zero-order chi connectivity index (χ0) is 14.9. The van der Waals surface area contributed by atoms with Crippen LogP contribution >= 0.6 is 0 Å². The molecule has 6 heteroatoms. The predicted molar refractivity (Wildman–Crippen MR) is 83.3 cm³/mol. The monoisotopic (exact) mass is 292 g/mol. The van der Waals surface area contributed by atoms with Crippen molar-refractivity contribution in [3.63, 3.8) is 0 Å². The molecule has 0 aliphatic carbocycles. The fraction of sp³-hybridized carbons (Fsp3) is 0.250. The van der Waals surface area contributed by atoms with Crippen LogP contribution in [0.15, 0.2) is 42.5 Å². The van der Waals surface area contributed by atoms with Gasteiger partial charge >= 0.3 is 0 Å². The van der Waals surface area contributed by atoms with Gasteiger partial charge in [0, 0.05) is 18.7 Å². The fourth-order valence-electron chi connectivity index (χ4n) is 2.71. The Morgan fingerprint density at radius 1 is 0.864 bits per heavy atom. The van der Waals surface area contributed by atoms with Crippen molar-refractivity contribution in [2.45, 2.75) is 20.0 Å². The minimum Gasteiger partial charge on any atom is -0.346 e. The van der Waals surface area contributed by atoms with E-state index < -0.39 is 0 Å². The molecule has 22 heavy (non-hydrogen) atoms. The lowest BCUT2D eigenvalue weighted by Gasteiger charge is -2.28. The topological polar surface area (TPSA) is 59.7 Å². The van der Waals surface area contributed by atoms with Gasteiger partial charge in [-0.3, -0.25) is 0 Å². The van der Waals surface area contributed by atoms with Crippen molar-refractivity contribution in [3.05, 3.63) is 54.0 Å². The number of benzene rings is 1. The van der Waals surface area contributed by atoms with Crippen LogP contribution in [0.4, 0.5) is 5.82 Å². The lowest BCUT2D eigenvalue weighted by molar-refractivity contribution is 0.557. The van der Waals surface area contributed by atoms with E-state index in [0.717, 1.165) is 41.8 Å². The fourth-order valence-corrected chi connectivity index (χ4v) is 2.71. The van der Waals surface area contributed by atoms with Gasteiger partial charge in [0.15, 0.2) is 17.5 Å². The second kappa shape index (κ2) is 5.22. The summed E-state index contributed by atoms with van der Waals surface area (Å²) in [5.74, 6) is 2.79. The SMILES string of the molecule is Cc1ccc(N2CCn3c(nnc3-c3ccccc3)C2)nn1. The smallest absolute Gasteiger partial charge is 0.164 e. The molecule has 0 spiro atoms. The molecule has 1 aromatic carbocycles. The summed E-state index contributed by atoms with van der Waals surface area (Å²) in [6.45, 7) is 4.37. The summed E-state index contributed by atoms with van der Waals surface area (Å²) >= 11 is 0. The Bertz CT molecular complexity index is 778. The molecule has 110 valence electrons. The van der Waals surface area contributed by atoms with Gasteiger partial charge in [-0.25, -0.2) is 0 Å². The highest BCUT2D eigenvalue weighted by atomic mass is 15.4. The minimum atomic E-state index is 0.706. The normalized spacial score (nSPS) is 14.0. The Morgan fingerprint density at radius 2 is 1.73 bits per heavy atom. The van der Waals surface area contributed by atoms with E-state index in [1.807, 2.05) is 37.3 Å². The molecule has 3 heterocycles. The molecular weight excluding hydrogens is 276 g/mol. The van der Waals surface area contributed by atoms with E-state index in [1.54, 1.807) is 0 Å². The quantitative estimate of drug-likeness (QED) is 0.723. The first-order chi connectivity index (χ1) is 10.8. The third-order valence-electron chi connectivity index (χ3n) is 3.89. The number of nitrogens with zero attached hydrogens (tertiary/aromatic N) is 6. The third kappa shape index (κ3) is 2.22. The van der Waals surface area contributed by atoms with Crippen LogP contribution in [0.5, 0.6) is 0 Å². The maximum absolute atomic E-state index is 4.36. The van der Waals surface area contributed by atoms with Crippen LogP contribution in [-0.4, -0.2) is 31.5 Å². The molecule has 0 fully saturated rings. The molecule has 4 rings (SSSR count). The first-order valence-electron chi connectivity index (χ1n) is 7.34. The number of hydrogen-bond acceptors (Lipinski definition) is 5. The van der Waals surface area contributed by atoms with Crippen LogP contribution in [0, 0.1) is 6.92 Å². The molecule has 0 bridgehead atoms. The molecule has 0 atom stereocenters. The van der Waals surface area contributed by atoms with Gasteiger partial charge in [-0.15, -0.1) is 15.3 Å². The molecule has 0 saturated carbocycles. The number of fused-ring (bicyclic) bond motifs is 1. The summed E-state index contributed by atoms with van der Waals surface area (Å²) < 4.78 is 2.19. The van der Waals surface area contributed by atoms with Gasteiger partial charge in [-0.2, -0.15) is 5.10 Å². The predicted octanol–water partition coefficient (Wildman–Crippen LogP) is 2.06. The molecule has 1 aliphatic rings. The van der Waals surface area contributed by atoms with E-state index in [0.29, 0.717) is 6.54 Å². The summed E-state index contributed by atoms with van der Waals surface area (Å²) in [5.41, 5.74) is 2.03. The second-order valence-corrected chi connectivity index (χ2v) is 5.41. The number of anilines is 1. The Balaban J connectivity index is 1.63. The van der Waals surface area contributed by atoms with Gasteiger partial charge in [0.2, 0.25) is 0 Å². The zero-order valence-electron chi connectivity index (χ0n) is 12.3. The van der Waals surface area contributed by atoms with E-state index >= 15 is 0 Å². The Labute approximate surface area is 128 Å². The maximum atomic E-state index is 4.36. The summed E-state index contributed by atoms with van der Waals surface area (Å²) in [5, 5.41) is 17.1. The Kier molecular flexibility index (Phi) is 3.07. The average Bonchev–Trinajstić information content (AvgIpc) is 2.99. The highest BCUT2D eigenvalue weighted by Crippen LogP contribution is 2.23. The number of aryl methyl sites for hydroxylation is 1. The highest BCUT2D eigenvalue weighted by molar-refractivity contribution is 5.55. The van der Waals surface area contributed by atoms with E-state index in [9.17, 15) is 0 Å². The van der Waals surface area contributed by atoms with Crippen molar-refractivity contribution >= 4 is 5.82 Å². The molecule has 2 aromatic heterocycles. The van der Waals surface area contributed by atoms with Crippen molar-refractivity contribution in [3.8, 4) is 11.4 Å². The summed E-state index contributed by atoms with van der Waals surface area (Å²) in [7, 11) is 0. The summed E-state index contributed by atoms with van der Waals surface area (Å²) in [6.07, 6.45) is 0. The Morgan fingerprint density at radius 3 is 2.50 bits per heavy atom. The minimum absolute atomic E-state index is 0.706. The second-order valence-electron chi connectivity index (χ2n) is 5.41. The van der Waals surface area contributed by atoms with Gasteiger partial charge in [-0.05, 0) is 19.1 Å². The first kappa shape index (κ1) is 12.9. The van der Waals surface area contributed by atoms with Crippen LogP contribution in [0.1, 0.15) is 11.5 Å². The molecule has 0 radical (unpaired) electrons. The Hall–Kier alpha value is -2.76. The van der Waals surface area contributed by atoms with E-state index in [4.69, 9.17) is 0 Å². The summed E-state index contributed by atoms with van der Waals surface area (Å²) in [4.78, 5) is 2.19. The van der Waals surface area contributed by atoms with Crippen molar-refractivity contribution in [1.82, 2.24) is 25.0 Å². The number of aromatic nitrogens is 5. The molecule has 3 aromatic rings. The lowest BCUT2D eigenvalue weighted by Crippen LogP contribution is -2.34. The van der Waals surface area contributed by atoms with Crippen LogP contribution in [0.2, 0.25) is 0 Å². The van der Waals surface area contributed by atoms with Crippen molar-refractivity contribution in [2.24, 2.45) is 0 Å². The molecule has 0 amide bonds. The molecule has 0 saturated heterocycles. The van der Waals surface area contributed by atoms with E-state index in [2.05, 4.69) is 42.0 Å². The van der Waals surface area contributed by atoms with Crippen LogP contribution < -0.4 is 4.90 Å². The first-order valence-corrected chi connectivity index (χ1v) is 7.34. The number of rotatable bonds is 2. The molecule has 0 N–H and O–H groups in total. The molecule has 6 nitrogen and oxygen atoms in total. The highest BCUT2D eigenvalue weighted by Gasteiger charge is 2.22. The summed E-state index contributed by atoms with van der Waals surface area (Å²) in [6, 6.07) is 14.2. The van der Waals surface area contributed by atoms with Gasteiger partial charge in [0.1, 0.15) is 0 Å². The molecule has 0 unspecified atom stereocenters. The van der Waals surface area contributed by atoms with E-state index in [1.165, 1.54) is 0 Å². The van der Waals surface area contributed by atoms with Gasteiger partial charge in [0.25, 0.3) is 0 Å². The van der Waals surface area contributed by atoms with Crippen molar-refractivity contribution in [2.75, 3.05) is 11.4 Å². The largest absolute Gasteiger partial charge is 0.346 e. The van der Waals surface area contributed by atoms with Crippen molar-refractivity contribution in [1.29, 1.82) is 0 Å². The van der Waals surface area contributed by atoms with Crippen LogP contribution in [0.25, 0.3) is 11.4 Å². The van der Waals surface area contributed by atoms with Crippen LogP contribution in [0.3, 0.4) is 0 Å². The standard InChI is InChI=1S/C16H16N6/c1-12-7-8-14(18-17-12)21-9-10-22-15(11-21)19-20-16(22)13-5-3-2-4-6-13/h2-8H,9-11H2,1H3. The third-order valence-corrected chi connectivity index (χ3v) is 3.89. The zero-order valence-corrected chi connectivity index (χ0v) is 12.3. The molecule has 1 aliphatic heterocycles. The molecular formula is C16H16N6. The number of hydrogen-bond donors (Lipinski definition) is 0. The maximum Gasteiger partial charge on any atom is 0.164 e. The lowest BCUT2D eigenvalue weighted by atomic mass is 10.2.